The molecule has 0 fully saturated rings. The lowest BCUT2D eigenvalue weighted by molar-refractivity contribution is 0.0122. The zero-order valence-electron chi connectivity index (χ0n) is 9.34. The molecular weight excluding hydrogens is 160 g/mol. The molecule has 0 aliphatic heterocycles. The van der Waals surface area contributed by atoms with Crippen molar-refractivity contribution in [2.45, 2.75) is 58.5 Å². The predicted molar refractivity (Wildman–Crippen MR) is 58.7 cm³/mol. The quantitative estimate of drug-likeness (QED) is 0.600. The van der Waals surface area contributed by atoms with E-state index in [1.807, 2.05) is 6.08 Å². The van der Waals surface area contributed by atoms with Crippen molar-refractivity contribution < 1.29 is 5.11 Å². The molecule has 0 amide bonds. The summed E-state index contributed by atoms with van der Waals surface area (Å²) < 4.78 is 0. The summed E-state index contributed by atoms with van der Waals surface area (Å²) in [5.74, 6) is 0.557. The van der Waals surface area contributed by atoms with E-state index in [1.54, 1.807) is 0 Å². The van der Waals surface area contributed by atoms with Crippen molar-refractivity contribution in [3.8, 4) is 0 Å². The molecule has 13 heavy (non-hydrogen) atoms. The average Bonchev–Trinajstić information content (AvgIpc) is 2.00. The minimum absolute atomic E-state index is 0.494. The number of hydrogen-bond donors (Lipinski definition) is 1. The van der Waals surface area contributed by atoms with E-state index in [4.69, 9.17) is 0 Å². The summed E-state index contributed by atoms with van der Waals surface area (Å²) in [7, 11) is 0. The van der Waals surface area contributed by atoms with Crippen LogP contribution in [0.15, 0.2) is 12.7 Å². The second kappa shape index (κ2) is 6.20. The first kappa shape index (κ1) is 12.7. The normalized spacial score (nSPS) is 15.8. The fourth-order valence-corrected chi connectivity index (χ4v) is 1.82. The summed E-state index contributed by atoms with van der Waals surface area (Å²) in [6, 6.07) is 0. The highest BCUT2D eigenvalue weighted by atomic mass is 16.3. The lowest BCUT2D eigenvalue weighted by Crippen LogP contribution is -2.29. The maximum atomic E-state index is 10.2. The van der Waals surface area contributed by atoms with Gasteiger partial charge in [0.15, 0.2) is 0 Å². The van der Waals surface area contributed by atoms with Gasteiger partial charge in [-0.1, -0.05) is 39.7 Å². The maximum Gasteiger partial charge on any atom is 0.0684 e. The first-order chi connectivity index (χ1) is 6.04. The highest BCUT2D eigenvalue weighted by Crippen LogP contribution is 2.26. The van der Waals surface area contributed by atoms with Gasteiger partial charge in [-0.2, -0.15) is 0 Å². The topological polar surface area (TPSA) is 20.2 Å². The van der Waals surface area contributed by atoms with E-state index in [-0.39, 0.29) is 0 Å². The van der Waals surface area contributed by atoms with Crippen LogP contribution in [0, 0.1) is 5.92 Å². The van der Waals surface area contributed by atoms with Gasteiger partial charge in [0.05, 0.1) is 5.60 Å². The van der Waals surface area contributed by atoms with Crippen LogP contribution in [0.1, 0.15) is 52.9 Å². The van der Waals surface area contributed by atoms with Crippen LogP contribution < -0.4 is 0 Å². The van der Waals surface area contributed by atoms with E-state index >= 15 is 0 Å². The second-order valence-corrected chi connectivity index (χ2v) is 4.42. The molecule has 1 nitrogen and oxygen atoms in total. The first-order valence-electron chi connectivity index (χ1n) is 5.37. The number of rotatable bonds is 7. The fourth-order valence-electron chi connectivity index (χ4n) is 1.82. The Morgan fingerprint density at radius 2 is 2.08 bits per heavy atom. The third kappa shape index (κ3) is 5.87. The van der Waals surface area contributed by atoms with Gasteiger partial charge in [-0.3, -0.25) is 0 Å². The SMILES string of the molecule is C=CCC(O)(CCCC)CC(C)C. The van der Waals surface area contributed by atoms with Crippen LogP contribution in [0.25, 0.3) is 0 Å². The van der Waals surface area contributed by atoms with Gasteiger partial charge < -0.3 is 5.11 Å². The van der Waals surface area contributed by atoms with Gasteiger partial charge in [0.1, 0.15) is 0 Å². The zero-order valence-corrected chi connectivity index (χ0v) is 9.34. The van der Waals surface area contributed by atoms with Crippen molar-refractivity contribution in [1.82, 2.24) is 0 Å². The minimum atomic E-state index is -0.494. The molecule has 0 rings (SSSR count). The Hall–Kier alpha value is -0.300. The van der Waals surface area contributed by atoms with E-state index in [1.165, 1.54) is 0 Å². The van der Waals surface area contributed by atoms with Gasteiger partial charge in [0.25, 0.3) is 0 Å². The van der Waals surface area contributed by atoms with E-state index < -0.39 is 5.60 Å². The molecule has 0 aromatic heterocycles. The van der Waals surface area contributed by atoms with Crippen LogP contribution in [0.2, 0.25) is 0 Å². The molecule has 0 saturated heterocycles. The average molecular weight is 184 g/mol. The number of unbranched alkanes of at least 4 members (excludes halogenated alkanes) is 1. The molecular formula is C12H24O. The second-order valence-electron chi connectivity index (χ2n) is 4.42. The van der Waals surface area contributed by atoms with Crippen LogP contribution in [0.3, 0.4) is 0 Å². The van der Waals surface area contributed by atoms with Crippen LogP contribution in [0.5, 0.6) is 0 Å². The Bertz CT molecular complexity index is 140. The summed E-state index contributed by atoms with van der Waals surface area (Å²) in [5, 5.41) is 10.2. The zero-order chi connectivity index (χ0) is 10.3. The van der Waals surface area contributed by atoms with Gasteiger partial charge in [-0.15, -0.1) is 6.58 Å². The van der Waals surface area contributed by atoms with E-state index in [0.29, 0.717) is 5.92 Å². The number of aliphatic hydroxyl groups is 1. The molecule has 0 radical (unpaired) electrons. The van der Waals surface area contributed by atoms with Crippen molar-refractivity contribution in [2.75, 3.05) is 0 Å². The third-order valence-electron chi connectivity index (χ3n) is 2.31. The fraction of sp³-hybridized carbons (Fsp3) is 0.833. The van der Waals surface area contributed by atoms with E-state index in [2.05, 4.69) is 27.4 Å². The molecule has 0 aliphatic carbocycles. The molecule has 1 atom stereocenters. The van der Waals surface area contributed by atoms with Crippen molar-refractivity contribution >= 4 is 0 Å². The molecule has 0 aliphatic rings. The molecule has 0 aromatic carbocycles. The monoisotopic (exact) mass is 184 g/mol. The Morgan fingerprint density at radius 3 is 2.46 bits per heavy atom. The lowest BCUT2D eigenvalue weighted by Gasteiger charge is -2.28. The molecule has 1 heteroatoms. The Balaban J connectivity index is 4.06. The van der Waals surface area contributed by atoms with Gasteiger partial charge in [-0.05, 0) is 25.2 Å². The Labute approximate surface area is 82.9 Å². The summed E-state index contributed by atoms with van der Waals surface area (Å²) in [6.45, 7) is 10.2. The molecule has 0 saturated carbocycles. The number of hydrogen-bond acceptors (Lipinski definition) is 1. The molecule has 0 aromatic rings. The molecule has 0 spiro atoms. The van der Waals surface area contributed by atoms with Gasteiger partial charge >= 0.3 is 0 Å². The Morgan fingerprint density at radius 1 is 1.46 bits per heavy atom. The van der Waals surface area contributed by atoms with Gasteiger partial charge in [-0.25, -0.2) is 0 Å². The summed E-state index contributed by atoms with van der Waals surface area (Å²) >= 11 is 0. The van der Waals surface area contributed by atoms with Crippen LogP contribution in [0.4, 0.5) is 0 Å². The van der Waals surface area contributed by atoms with Crippen LogP contribution >= 0.6 is 0 Å². The summed E-state index contributed by atoms with van der Waals surface area (Å²) in [4.78, 5) is 0. The summed E-state index contributed by atoms with van der Waals surface area (Å²) in [6.07, 6.45) is 6.62. The highest BCUT2D eigenvalue weighted by Gasteiger charge is 2.25. The predicted octanol–water partition coefficient (Wildman–Crippen LogP) is 3.53. The Kier molecular flexibility index (Phi) is 6.06. The minimum Gasteiger partial charge on any atom is -0.390 e. The van der Waals surface area contributed by atoms with Crippen LogP contribution in [-0.4, -0.2) is 10.7 Å². The van der Waals surface area contributed by atoms with Crippen molar-refractivity contribution in [1.29, 1.82) is 0 Å². The first-order valence-corrected chi connectivity index (χ1v) is 5.37. The highest BCUT2D eigenvalue weighted by molar-refractivity contribution is 4.87. The standard InChI is InChI=1S/C12H24O/c1-5-7-9-12(13,8-6-2)10-11(3)4/h6,11,13H,2,5,7-10H2,1,3-4H3. The molecule has 78 valence electrons. The lowest BCUT2D eigenvalue weighted by atomic mass is 9.85. The molecule has 1 unspecified atom stereocenters. The third-order valence-corrected chi connectivity index (χ3v) is 2.31. The largest absolute Gasteiger partial charge is 0.390 e. The molecule has 0 heterocycles. The molecule has 0 bridgehead atoms. The van der Waals surface area contributed by atoms with Crippen molar-refractivity contribution in [3.05, 3.63) is 12.7 Å². The van der Waals surface area contributed by atoms with E-state index in [9.17, 15) is 5.11 Å². The van der Waals surface area contributed by atoms with Crippen molar-refractivity contribution in [3.63, 3.8) is 0 Å². The maximum absolute atomic E-state index is 10.2. The molecule has 1 N–H and O–H groups in total. The smallest absolute Gasteiger partial charge is 0.0684 e. The van der Waals surface area contributed by atoms with E-state index in [0.717, 1.165) is 32.1 Å². The van der Waals surface area contributed by atoms with Crippen LogP contribution in [-0.2, 0) is 0 Å². The van der Waals surface area contributed by atoms with Gasteiger partial charge in [0.2, 0.25) is 0 Å². The van der Waals surface area contributed by atoms with Gasteiger partial charge in [0, 0.05) is 0 Å². The van der Waals surface area contributed by atoms with Crippen molar-refractivity contribution in [2.24, 2.45) is 5.92 Å². The summed E-state index contributed by atoms with van der Waals surface area (Å²) in [5.41, 5.74) is -0.494.